The van der Waals surface area contributed by atoms with Gasteiger partial charge in [0.15, 0.2) is 0 Å². The molecule has 0 saturated carbocycles. The summed E-state index contributed by atoms with van der Waals surface area (Å²) in [5, 5.41) is 9.73. The third-order valence-corrected chi connectivity index (χ3v) is 3.43. The number of aromatic nitrogens is 2. The number of rotatable bonds is 3. The highest BCUT2D eigenvalue weighted by Gasteiger charge is 2.14. The second-order valence-corrected chi connectivity index (χ2v) is 4.66. The van der Waals surface area contributed by atoms with Crippen LogP contribution < -0.4 is 4.74 Å². The molecular formula is C16H16N2O2. The van der Waals surface area contributed by atoms with Crippen LogP contribution in [-0.4, -0.2) is 21.6 Å². The molecule has 3 aromatic rings. The molecule has 0 fully saturated rings. The van der Waals surface area contributed by atoms with Crippen LogP contribution in [-0.2, 0) is 6.61 Å². The van der Waals surface area contributed by atoms with Crippen LogP contribution in [0, 0.1) is 6.92 Å². The van der Waals surface area contributed by atoms with E-state index in [4.69, 9.17) is 4.74 Å². The Morgan fingerprint density at radius 2 is 2.00 bits per heavy atom. The van der Waals surface area contributed by atoms with Crippen LogP contribution in [0.4, 0.5) is 0 Å². The Morgan fingerprint density at radius 3 is 2.75 bits per heavy atom. The van der Waals surface area contributed by atoms with Crippen molar-refractivity contribution in [1.29, 1.82) is 0 Å². The van der Waals surface area contributed by atoms with Gasteiger partial charge in [-0.15, -0.1) is 0 Å². The Labute approximate surface area is 117 Å². The molecule has 2 aromatic heterocycles. The summed E-state index contributed by atoms with van der Waals surface area (Å²) in [5.74, 6) is 0.778. The van der Waals surface area contributed by atoms with E-state index in [9.17, 15) is 5.11 Å². The van der Waals surface area contributed by atoms with Crippen LogP contribution in [0.1, 0.15) is 11.4 Å². The van der Waals surface area contributed by atoms with E-state index < -0.39 is 0 Å². The van der Waals surface area contributed by atoms with Gasteiger partial charge >= 0.3 is 0 Å². The fraction of sp³-hybridized carbons (Fsp3) is 0.188. The van der Waals surface area contributed by atoms with E-state index in [1.54, 1.807) is 7.11 Å². The molecule has 0 radical (unpaired) electrons. The number of methoxy groups -OCH3 is 1. The van der Waals surface area contributed by atoms with Crippen molar-refractivity contribution in [3.8, 4) is 17.0 Å². The maximum absolute atomic E-state index is 9.73. The Bertz CT molecular complexity index is 762. The second kappa shape index (κ2) is 4.98. The Kier molecular flexibility index (Phi) is 3.16. The van der Waals surface area contributed by atoms with Crippen molar-refractivity contribution in [3.63, 3.8) is 0 Å². The Hall–Kier alpha value is -2.33. The summed E-state index contributed by atoms with van der Waals surface area (Å²) in [7, 11) is 1.64. The number of hydrogen-bond acceptors (Lipinski definition) is 3. The number of hydrogen-bond donors (Lipinski definition) is 1. The van der Waals surface area contributed by atoms with E-state index in [0.717, 1.165) is 34.0 Å². The highest BCUT2D eigenvalue weighted by Crippen LogP contribution is 2.28. The molecule has 2 heterocycles. The van der Waals surface area contributed by atoms with E-state index in [1.165, 1.54) is 0 Å². The molecule has 20 heavy (non-hydrogen) atoms. The Morgan fingerprint density at radius 1 is 1.20 bits per heavy atom. The van der Waals surface area contributed by atoms with E-state index in [-0.39, 0.29) is 6.61 Å². The van der Waals surface area contributed by atoms with Crippen molar-refractivity contribution in [2.75, 3.05) is 7.11 Å². The molecule has 0 saturated heterocycles. The molecule has 0 aliphatic heterocycles. The highest BCUT2D eigenvalue weighted by molar-refractivity contribution is 5.68. The van der Waals surface area contributed by atoms with E-state index >= 15 is 0 Å². The van der Waals surface area contributed by atoms with Gasteiger partial charge in [-0.05, 0) is 31.2 Å². The fourth-order valence-corrected chi connectivity index (χ4v) is 2.47. The molecule has 0 spiro atoms. The SMILES string of the molecule is COc1cccc(-c2nc3cccc(C)n3c2CO)c1. The third-order valence-electron chi connectivity index (χ3n) is 3.43. The number of imidazole rings is 1. The van der Waals surface area contributed by atoms with E-state index in [0.29, 0.717) is 0 Å². The standard InChI is InChI=1S/C16H16N2O2/c1-11-5-3-8-15-17-16(14(10-19)18(11)15)12-6-4-7-13(9-12)20-2/h3-9,19H,10H2,1-2H3. The number of ether oxygens (including phenoxy) is 1. The van der Waals surface area contributed by atoms with Crippen molar-refractivity contribution in [1.82, 2.24) is 9.38 Å². The van der Waals surface area contributed by atoms with Gasteiger partial charge < -0.3 is 9.84 Å². The molecular weight excluding hydrogens is 252 g/mol. The van der Waals surface area contributed by atoms with Gasteiger partial charge in [0.05, 0.1) is 25.1 Å². The summed E-state index contributed by atoms with van der Waals surface area (Å²) in [6, 6.07) is 13.6. The van der Waals surface area contributed by atoms with Gasteiger partial charge in [0.2, 0.25) is 0 Å². The minimum atomic E-state index is -0.0570. The average molecular weight is 268 g/mol. The number of aliphatic hydroxyl groups excluding tert-OH is 1. The zero-order valence-corrected chi connectivity index (χ0v) is 11.5. The summed E-state index contributed by atoms with van der Waals surface area (Å²) in [4.78, 5) is 4.64. The molecule has 4 heteroatoms. The smallest absolute Gasteiger partial charge is 0.137 e. The molecule has 1 aromatic carbocycles. The molecule has 0 aliphatic rings. The summed E-state index contributed by atoms with van der Waals surface area (Å²) < 4.78 is 7.23. The predicted molar refractivity (Wildman–Crippen MR) is 77.8 cm³/mol. The lowest BCUT2D eigenvalue weighted by Gasteiger charge is -2.05. The number of aliphatic hydroxyl groups is 1. The number of nitrogens with zero attached hydrogens (tertiary/aromatic N) is 2. The second-order valence-electron chi connectivity index (χ2n) is 4.66. The number of fused-ring (bicyclic) bond motifs is 1. The maximum Gasteiger partial charge on any atom is 0.137 e. The van der Waals surface area contributed by atoms with Gasteiger partial charge in [-0.1, -0.05) is 18.2 Å². The van der Waals surface area contributed by atoms with Gasteiger partial charge in [-0.2, -0.15) is 0 Å². The molecule has 3 rings (SSSR count). The van der Waals surface area contributed by atoms with Gasteiger partial charge in [0, 0.05) is 11.3 Å². The molecule has 4 nitrogen and oxygen atoms in total. The first-order valence-electron chi connectivity index (χ1n) is 6.47. The van der Waals surface area contributed by atoms with Gasteiger partial charge in [0.25, 0.3) is 0 Å². The molecule has 0 unspecified atom stereocenters. The lowest BCUT2D eigenvalue weighted by atomic mass is 10.1. The first-order chi connectivity index (χ1) is 9.74. The van der Waals surface area contributed by atoms with Crippen LogP contribution in [0.3, 0.4) is 0 Å². The summed E-state index contributed by atoms with van der Waals surface area (Å²) in [6.45, 7) is 1.95. The summed E-state index contributed by atoms with van der Waals surface area (Å²) in [5.41, 5.74) is 4.42. The summed E-state index contributed by atoms with van der Waals surface area (Å²) in [6.07, 6.45) is 0. The molecule has 0 amide bonds. The van der Waals surface area contributed by atoms with Gasteiger partial charge in [0.1, 0.15) is 11.4 Å². The number of benzene rings is 1. The maximum atomic E-state index is 9.73. The van der Waals surface area contributed by atoms with Crippen molar-refractivity contribution in [3.05, 3.63) is 53.9 Å². The summed E-state index contributed by atoms with van der Waals surface area (Å²) >= 11 is 0. The van der Waals surface area contributed by atoms with Gasteiger partial charge in [-0.25, -0.2) is 4.98 Å². The van der Waals surface area contributed by atoms with Crippen LogP contribution in [0.2, 0.25) is 0 Å². The van der Waals surface area contributed by atoms with Crippen molar-refractivity contribution in [2.45, 2.75) is 13.5 Å². The van der Waals surface area contributed by atoms with Crippen molar-refractivity contribution in [2.24, 2.45) is 0 Å². The fourth-order valence-electron chi connectivity index (χ4n) is 2.47. The lowest BCUT2D eigenvalue weighted by Crippen LogP contribution is -1.97. The monoisotopic (exact) mass is 268 g/mol. The minimum Gasteiger partial charge on any atom is -0.497 e. The molecule has 0 atom stereocenters. The topological polar surface area (TPSA) is 46.8 Å². The van der Waals surface area contributed by atoms with Crippen LogP contribution in [0.15, 0.2) is 42.5 Å². The first-order valence-corrected chi connectivity index (χ1v) is 6.47. The van der Waals surface area contributed by atoms with Crippen LogP contribution in [0.25, 0.3) is 16.9 Å². The average Bonchev–Trinajstić information content (AvgIpc) is 2.87. The van der Waals surface area contributed by atoms with Gasteiger partial charge in [-0.3, -0.25) is 4.40 Å². The molecule has 102 valence electrons. The van der Waals surface area contributed by atoms with Crippen molar-refractivity contribution < 1.29 is 9.84 Å². The predicted octanol–water partition coefficient (Wildman–Crippen LogP) is 2.81. The van der Waals surface area contributed by atoms with E-state index in [1.807, 2.05) is 53.8 Å². The molecule has 1 N–H and O–H groups in total. The Balaban J connectivity index is 2.27. The van der Waals surface area contributed by atoms with Crippen molar-refractivity contribution >= 4 is 5.65 Å². The molecule has 0 bridgehead atoms. The van der Waals surface area contributed by atoms with Crippen LogP contribution >= 0.6 is 0 Å². The van der Waals surface area contributed by atoms with Crippen LogP contribution in [0.5, 0.6) is 5.75 Å². The minimum absolute atomic E-state index is 0.0570. The molecule has 0 aliphatic carbocycles. The van der Waals surface area contributed by atoms with E-state index in [2.05, 4.69) is 4.98 Å². The third kappa shape index (κ3) is 1.94. The normalized spacial score (nSPS) is 10.9. The zero-order chi connectivity index (χ0) is 14.1. The quantitative estimate of drug-likeness (QED) is 0.794. The number of pyridine rings is 1. The zero-order valence-electron chi connectivity index (χ0n) is 11.5. The number of aryl methyl sites for hydroxylation is 1. The largest absolute Gasteiger partial charge is 0.497 e. The first kappa shape index (κ1) is 12.7. The highest BCUT2D eigenvalue weighted by atomic mass is 16.5. The lowest BCUT2D eigenvalue weighted by molar-refractivity contribution is 0.276.